The van der Waals surface area contributed by atoms with E-state index in [1.165, 1.54) is 42.2 Å². The van der Waals surface area contributed by atoms with Crippen LogP contribution in [0.2, 0.25) is 17.3 Å². The van der Waals surface area contributed by atoms with Crippen LogP contribution < -0.4 is 4.40 Å². The standard InChI is InChI=1S/C41H25N2S.C18H24GeN.Ir/c1-3-12-27(13-4-1)30-23-24-36(35(26-30)28-14-5-2-6-15-28)43-37-25-22-29-16-7-8-17-31(29)39(37)42-41(43)34-20-11-19-33-32-18-9-10-21-38(32)44-40(33)34;1-14(2)11-16-12-18(15-9-7-6-8-10-15)20-13-17(16)19(3,4)5;/h1-19,21-26H;6-9,12-14H,11H2,1-5H3;/q2*-1;. The monoisotopic (exact) mass is 1100 g/mol. The Balaban J connectivity index is 0.000000215. The first-order valence-electron chi connectivity index (χ1n) is 22.2. The molecular formula is C59H49GeIrN3S-2. The average molecular weight is 1100 g/mol. The molecule has 65 heavy (non-hydrogen) atoms. The molecule has 0 aliphatic carbocycles. The van der Waals surface area contributed by atoms with Gasteiger partial charge in [0.2, 0.25) is 0 Å². The number of hydrogen-bond donors (Lipinski definition) is 0. The fourth-order valence-corrected chi connectivity index (χ4v) is 13.5. The van der Waals surface area contributed by atoms with Gasteiger partial charge in [-0.25, -0.2) is 0 Å². The number of rotatable bonds is 8. The molecule has 8 aromatic carbocycles. The predicted molar refractivity (Wildman–Crippen MR) is 277 cm³/mol. The molecule has 0 saturated heterocycles. The van der Waals surface area contributed by atoms with E-state index in [2.05, 4.69) is 218 Å². The van der Waals surface area contributed by atoms with Gasteiger partial charge in [-0.2, -0.15) is 11.3 Å². The molecule has 0 bridgehead atoms. The van der Waals surface area contributed by atoms with Crippen molar-refractivity contribution in [1.82, 2.24) is 14.5 Å². The van der Waals surface area contributed by atoms with Crippen molar-refractivity contribution < 1.29 is 20.1 Å². The second kappa shape index (κ2) is 18.9. The van der Waals surface area contributed by atoms with E-state index < -0.39 is 13.3 Å². The molecule has 0 amide bonds. The number of aromatic nitrogens is 3. The minimum Gasteiger partial charge on any atom is -0.333 e. The molecule has 0 N–H and O–H groups in total. The fourth-order valence-electron chi connectivity index (χ4n) is 8.95. The van der Waals surface area contributed by atoms with Gasteiger partial charge in [-0.1, -0.05) is 126 Å². The van der Waals surface area contributed by atoms with Crippen molar-refractivity contribution in [3.05, 3.63) is 206 Å². The van der Waals surface area contributed by atoms with E-state index in [4.69, 9.17) is 9.97 Å². The second-order valence-electron chi connectivity index (χ2n) is 17.9. The van der Waals surface area contributed by atoms with Crippen LogP contribution in [0.4, 0.5) is 0 Å². The van der Waals surface area contributed by atoms with Gasteiger partial charge in [-0.15, -0.1) is 18.2 Å². The second-order valence-corrected chi connectivity index (χ2v) is 29.6. The summed E-state index contributed by atoms with van der Waals surface area (Å²) in [4.78, 5) is 10.2. The van der Waals surface area contributed by atoms with Crippen LogP contribution in [0.15, 0.2) is 188 Å². The summed E-state index contributed by atoms with van der Waals surface area (Å²) >= 11 is -0.0417. The first-order valence-corrected chi connectivity index (χ1v) is 30.3. The number of nitrogens with zero attached hydrogens (tertiary/aromatic N) is 3. The molecule has 0 spiro atoms. The Morgan fingerprint density at radius 1 is 0.631 bits per heavy atom. The first-order chi connectivity index (χ1) is 31.2. The van der Waals surface area contributed by atoms with Gasteiger partial charge in [0.15, 0.2) is 0 Å². The molecule has 0 fully saturated rings. The third-order valence-corrected chi connectivity index (χ3v) is 17.5. The van der Waals surface area contributed by atoms with Crippen LogP contribution in [0.5, 0.6) is 0 Å². The zero-order valence-corrected chi connectivity index (χ0v) is 42.6. The third kappa shape index (κ3) is 8.91. The molecule has 6 heteroatoms. The largest absolute Gasteiger partial charge is 0.333 e. The molecular weight excluding hydrogens is 1050 g/mol. The molecule has 11 rings (SSSR count). The van der Waals surface area contributed by atoms with Crippen LogP contribution in [0.25, 0.3) is 92.6 Å². The molecule has 0 aliphatic rings. The molecule has 11 aromatic rings. The maximum atomic E-state index is 5.46. The van der Waals surface area contributed by atoms with Crippen molar-refractivity contribution in [2.24, 2.45) is 5.92 Å². The normalized spacial score (nSPS) is 11.5. The Bertz CT molecular complexity index is 3420. The summed E-state index contributed by atoms with van der Waals surface area (Å²) in [6, 6.07) is 71.2. The van der Waals surface area contributed by atoms with Gasteiger partial charge in [-0.3, -0.25) is 4.98 Å². The van der Waals surface area contributed by atoms with Gasteiger partial charge in [0, 0.05) is 41.4 Å². The van der Waals surface area contributed by atoms with E-state index >= 15 is 0 Å². The average Bonchev–Trinajstić information content (AvgIpc) is 3.91. The first kappa shape index (κ1) is 44.3. The van der Waals surface area contributed by atoms with Gasteiger partial charge in [0.05, 0.1) is 16.9 Å². The number of pyridine rings is 1. The molecule has 1 radical (unpaired) electrons. The maximum absolute atomic E-state index is 5.46. The van der Waals surface area contributed by atoms with Crippen LogP contribution in [0, 0.1) is 18.1 Å². The molecule has 0 aliphatic heterocycles. The Labute approximate surface area is 402 Å². The summed E-state index contributed by atoms with van der Waals surface area (Å²) < 4.78 is 6.37. The number of imidazole rings is 1. The number of thiophene rings is 1. The Morgan fingerprint density at radius 2 is 1.34 bits per heavy atom. The zero-order chi connectivity index (χ0) is 43.8. The van der Waals surface area contributed by atoms with Crippen LogP contribution in [0.3, 0.4) is 0 Å². The van der Waals surface area contributed by atoms with Crippen molar-refractivity contribution >= 4 is 71.0 Å². The number of benzene rings is 8. The summed E-state index contributed by atoms with van der Waals surface area (Å²) in [5.74, 6) is 8.89. The number of fused-ring (bicyclic) bond motifs is 6. The Morgan fingerprint density at radius 3 is 2.08 bits per heavy atom. The molecule has 321 valence electrons. The van der Waals surface area contributed by atoms with Gasteiger partial charge < -0.3 is 4.57 Å². The predicted octanol–water partition coefficient (Wildman–Crippen LogP) is 15.6. The van der Waals surface area contributed by atoms with Crippen LogP contribution in [-0.4, -0.2) is 27.8 Å². The smallest absolute Gasteiger partial charge is 0.0852 e. The SMILES string of the molecule is CC(C)Cc1cc(-c2[c-]cccc2)nc[c]1[Ge]([CH3])([CH3])[CH3].[Ir].[c-]1ccc2c(sc3ccccc32)c1-c1nc2c3ccccc3ccc2n1-c1ccc(-c2ccccc2)cc1-c1ccccc1. The molecule has 3 heterocycles. The van der Waals surface area contributed by atoms with Gasteiger partial charge in [-0.05, 0) is 56.4 Å². The van der Waals surface area contributed by atoms with Crippen molar-refractivity contribution in [1.29, 1.82) is 0 Å². The molecule has 0 atom stereocenters. The third-order valence-electron chi connectivity index (χ3n) is 12.0. The quantitative estimate of drug-likeness (QED) is 0.112. The van der Waals surface area contributed by atoms with Gasteiger partial charge >= 0.3 is 126 Å². The minimum absolute atomic E-state index is 0. The van der Waals surface area contributed by atoms with E-state index in [0.29, 0.717) is 5.92 Å². The molecule has 0 saturated carbocycles. The van der Waals surface area contributed by atoms with Crippen molar-refractivity contribution in [3.8, 4) is 50.6 Å². The van der Waals surface area contributed by atoms with E-state index in [1.807, 2.05) is 29.5 Å². The summed E-state index contributed by atoms with van der Waals surface area (Å²) in [6.45, 7) is 4.57. The van der Waals surface area contributed by atoms with E-state index in [-0.39, 0.29) is 20.1 Å². The summed E-state index contributed by atoms with van der Waals surface area (Å²) in [5.41, 5.74) is 12.5. The molecule has 3 aromatic heterocycles. The van der Waals surface area contributed by atoms with Crippen molar-refractivity contribution in [2.45, 2.75) is 37.5 Å². The molecule has 0 unspecified atom stereocenters. The topological polar surface area (TPSA) is 30.7 Å². The summed E-state index contributed by atoms with van der Waals surface area (Å²) in [6.07, 6.45) is 3.27. The van der Waals surface area contributed by atoms with E-state index in [0.717, 1.165) is 62.3 Å². The van der Waals surface area contributed by atoms with Crippen LogP contribution in [0.1, 0.15) is 19.4 Å². The van der Waals surface area contributed by atoms with Gasteiger partial charge in [0.1, 0.15) is 0 Å². The molecule has 3 nitrogen and oxygen atoms in total. The summed E-state index contributed by atoms with van der Waals surface area (Å²) in [7, 11) is 0. The van der Waals surface area contributed by atoms with E-state index in [1.54, 1.807) is 4.40 Å². The van der Waals surface area contributed by atoms with Crippen molar-refractivity contribution in [2.75, 3.05) is 0 Å². The minimum atomic E-state index is -1.86. The van der Waals surface area contributed by atoms with Gasteiger partial charge in [0.25, 0.3) is 0 Å². The zero-order valence-electron chi connectivity index (χ0n) is 37.3. The van der Waals surface area contributed by atoms with E-state index in [9.17, 15) is 0 Å². The Kier molecular flexibility index (Phi) is 12.9. The van der Waals surface area contributed by atoms with Crippen LogP contribution in [-0.2, 0) is 26.5 Å². The fraction of sp³-hybridized carbons (Fsp3) is 0.119. The summed E-state index contributed by atoms with van der Waals surface area (Å²) in [5, 5.41) is 4.84. The van der Waals surface area contributed by atoms with Crippen molar-refractivity contribution in [3.63, 3.8) is 0 Å². The number of hydrogen-bond acceptors (Lipinski definition) is 3. The Hall–Kier alpha value is -5.95. The maximum Gasteiger partial charge on any atom is 0.0852 e. The van der Waals surface area contributed by atoms with Crippen LogP contribution >= 0.6 is 11.3 Å².